The third-order valence-corrected chi connectivity index (χ3v) is 5.20. The minimum Gasteiger partial charge on any atom is -0.309 e. The van der Waals surface area contributed by atoms with Gasteiger partial charge >= 0.3 is 0 Å². The molecule has 0 spiro atoms. The summed E-state index contributed by atoms with van der Waals surface area (Å²) in [6.07, 6.45) is 0. The van der Waals surface area contributed by atoms with Crippen LogP contribution < -0.4 is 5.56 Å². The SMILES string of the molecule is Cc1nc2c3ccccc3nc(SCc3nc4ccccc4c(=O)[nH]3)n2n1. The van der Waals surface area contributed by atoms with Crippen molar-refractivity contribution in [2.45, 2.75) is 17.8 Å². The molecule has 0 fully saturated rings. The number of aromatic amines is 1. The van der Waals surface area contributed by atoms with Crippen molar-refractivity contribution in [1.82, 2.24) is 29.5 Å². The van der Waals surface area contributed by atoms with E-state index in [4.69, 9.17) is 4.98 Å². The van der Waals surface area contributed by atoms with E-state index in [9.17, 15) is 4.79 Å². The molecular weight excluding hydrogens is 360 g/mol. The normalized spacial score (nSPS) is 11.6. The van der Waals surface area contributed by atoms with E-state index < -0.39 is 0 Å². The van der Waals surface area contributed by atoms with Crippen LogP contribution in [0.2, 0.25) is 0 Å². The molecule has 0 aliphatic heterocycles. The standard InChI is InChI=1S/C19H14N6OS/c1-11-20-17-12-6-2-4-8-14(12)22-19(25(17)24-11)27-10-16-21-15-9-5-3-7-13(15)18(26)23-16/h2-9H,10H2,1H3,(H,21,23,26). The molecule has 27 heavy (non-hydrogen) atoms. The molecule has 0 radical (unpaired) electrons. The van der Waals surface area contributed by atoms with E-state index >= 15 is 0 Å². The van der Waals surface area contributed by atoms with E-state index in [1.807, 2.05) is 49.4 Å². The Balaban J connectivity index is 1.57. The molecule has 8 heteroatoms. The van der Waals surface area contributed by atoms with Gasteiger partial charge in [-0.15, -0.1) is 5.10 Å². The van der Waals surface area contributed by atoms with Gasteiger partial charge in [-0.05, 0) is 31.2 Å². The molecule has 0 aliphatic rings. The first-order valence-corrected chi connectivity index (χ1v) is 9.40. The lowest BCUT2D eigenvalue weighted by Gasteiger charge is -2.06. The molecule has 3 heterocycles. The van der Waals surface area contributed by atoms with Crippen molar-refractivity contribution in [2.75, 3.05) is 0 Å². The lowest BCUT2D eigenvalue weighted by Crippen LogP contribution is -2.11. The predicted molar refractivity (Wildman–Crippen MR) is 105 cm³/mol. The number of para-hydroxylation sites is 2. The fraction of sp³-hybridized carbons (Fsp3) is 0.105. The van der Waals surface area contributed by atoms with Crippen LogP contribution in [0.25, 0.3) is 27.5 Å². The number of rotatable bonds is 3. The first-order valence-electron chi connectivity index (χ1n) is 8.42. The Labute approximate surface area is 157 Å². The Morgan fingerprint density at radius 3 is 2.48 bits per heavy atom. The van der Waals surface area contributed by atoms with E-state index in [0.29, 0.717) is 33.5 Å². The third-order valence-electron chi connectivity index (χ3n) is 4.26. The van der Waals surface area contributed by atoms with Crippen molar-refractivity contribution in [3.05, 3.63) is 70.5 Å². The van der Waals surface area contributed by atoms with Crippen LogP contribution in [0.1, 0.15) is 11.6 Å². The highest BCUT2D eigenvalue weighted by molar-refractivity contribution is 7.98. The van der Waals surface area contributed by atoms with Gasteiger partial charge < -0.3 is 4.98 Å². The van der Waals surface area contributed by atoms with Gasteiger partial charge in [0.05, 0.1) is 22.2 Å². The number of hydrogen-bond acceptors (Lipinski definition) is 6. The highest BCUT2D eigenvalue weighted by Gasteiger charge is 2.13. The summed E-state index contributed by atoms with van der Waals surface area (Å²) in [4.78, 5) is 28.9. The molecule has 5 rings (SSSR count). The van der Waals surface area contributed by atoms with Gasteiger partial charge in [-0.25, -0.2) is 15.0 Å². The number of aryl methyl sites for hydroxylation is 1. The number of thioether (sulfide) groups is 1. The number of H-pyrrole nitrogens is 1. The molecular formula is C19H14N6OS. The van der Waals surface area contributed by atoms with Crippen LogP contribution in [0, 0.1) is 6.92 Å². The van der Waals surface area contributed by atoms with Gasteiger partial charge in [0.15, 0.2) is 10.8 Å². The Morgan fingerprint density at radius 2 is 1.67 bits per heavy atom. The second-order valence-corrected chi connectivity index (χ2v) is 7.07. The molecule has 0 saturated carbocycles. The topological polar surface area (TPSA) is 88.8 Å². The van der Waals surface area contributed by atoms with E-state index in [1.165, 1.54) is 11.8 Å². The number of fused-ring (bicyclic) bond motifs is 4. The van der Waals surface area contributed by atoms with Crippen LogP contribution in [0.3, 0.4) is 0 Å². The zero-order valence-corrected chi connectivity index (χ0v) is 15.2. The average molecular weight is 374 g/mol. The largest absolute Gasteiger partial charge is 0.309 e. The minimum atomic E-state index is -0.135. The van der Waals surface area contributed by atoms with Crippen LogP contribution >= 0.6 is 11.8 Å². The number of hydrogen-bond donors (Lipinski definition) is 1. The van der Waals surface area contributed by atoms with Crippen molar-refractivity contribution in [1.29, 1.82) is 0 Å². The summed E-state index contributed by atoms with van der Waals surface area (Å²) in [6, 6.07) is 15.2. The molecule has 0 unspecified atom stereocenters. The molecule has 0 saturated heterocycles. The summed E-state index contributed by atoms with van der Waals surface area (Å²) < 4.78 is 1.75. The van der Waals surface area contributed by atoms with Crippen molar-refractivity contribution in [2.24, 2.45) is 0 Å². The summed E-state index contributed by atoms with van der Waals surface area (Å²) in [5, 5.41) is 6.73. The molecule has 1 N–H and O–H groups in total. The monoisotopic (exact) mass is 374 g/mol. The molecule has 132 valence electrons. The first kappa shape index (κ1) is 16.0. The quantitative estimate of drug-likeness (QED) is 0.386. The van der Waals surface area contributed by atoms with Crippen molar-refractivity contribution in [3.8, 4) is 0 Å². The molecule has 0 aliphatic carbocycles. The van der Waals surface area contributed by atoms with Gasteiger partial charge in [0.2, 0.25) is 0 Å². The summed E-state index contributed by atoms with van der Waals surface area (Å²) in [7, 11) is 0. The van der Waals surface area contributed by atoms with Crippen molar-refractivity contribution in [3.63, 3.8) is 0 Å². The molecule has 3 aromatic heterocycles. The Bertz CT molecular complexity index is 1370. The maximum absolute atomic E-state index is 12.3. The average Bonchev–Trinajstić information content (AvgIpc) is 3.08. The Kier molecular flexibility index (Phi) is 3.64. The first-order chi connectivity index (χ1) is 13.2. The van der Waals surface area contributed by atoms with E-state index in [-0.39, 0.29) is 5.56 Å². The van der Waals surface area contributed by atoms with Gasteiger partial charge in [0.25, 0.3) is 5.56 Å². The Hall–Kier alpha value is -3.26. The van der Waals surface area contributed by atoms with Crippen LogP contribution in [0.15, 0.2) is 58.5 Å². The second kappa shape index (κ2) is 6.17. The lowest BCUT2D eigenvalue weighted by atomic mass is 10.2. The summed E-state index contributed by atoms with van der Waals surface area (Å²) in [5.41, 5.74) is 2.19. The number of nitrogens with zero attached hydrogens (tertiary/aromatic N) is 5. The molecule has 2 aromatic carbocycles. The Morgan fingerprint density at radius 1 is 0.963 bits per heavy atom. The van der Waals surface area contributed by atoms with Gasteiger partial charge in [-0.1, -0.05) is 36.0 Å². The van der Waals surface area contributed by atoms with Crippen LogP contribution in [-0.2, 0) is 5.75 Å². The van der Waals surface area contributed by atoms with E-state index in [1.54, 1.807) is 10.6 Å². The van der Waals surface area contributed by atoms with E-state index in [0.717, 1.165) is 16.6 Å². The van der Waals surface area contributed by atoms with Gasteiger partial charge in [0, 0.05) is 5.39 Å². The fourth-order valence-corrected chi connectivity index (χ4v) is 3.88. The van der Waals surface area contributed by atoms with Crippen LogP contribution in [0.4, 0.5) is 0 Å². The summed E-state index contributed by atoms with van der Waals surface area (Å²) >= 11 is 1.47. The number of aromatic nitrogens is 6. The molecule has 0 bridgehead atoms. The molecule has 5 aromatic rings. The molecule has 7 nitrogen and oxygen atoms in total. The van der Waals surface area contributed by atoms with E-state index in [2.05, 4.69) is 20.1 Å². The lowest BCUT2D eigenvalue weighted by molar-refractivity contribution is 0.796. The van der Waals surface area contributed by atoms with Gasteiger partial charge in [-0.3, -0.25) is 4.79 Å². The molecule has 0 amide bonds. The minimum absolute atomic E-state index is 0.135. The van der Waals surface area contributed by atoms with Crippen molar-refractivity contribution < 1.29 is 0 Å². The van der Waals surface area contributed by atoms with Crippen LogP contribution in [-0.4, -0.2) is 29.5 Å². The smallest absolute Gasteiger partial charge is 0.258 e. The summed E-state index contributed by atoms with van der Waals surface area (Å²) in [5.74, 6) is 1.76. The maximum atomic E-state index is 12.3. The van der Waals surface area contributed by atoms with Gasteiger partial charge in [0.1, 0.15) is 11.6 Å². The van der Waals surface area contributed by atoms with Crippen LogP contribution in [0.5, 0.6) is 0 Å². The number of benzene rings is 2. The molecule has 0 atom stereocenters. The second-order valence-electron chi connectivity index (χ2n) is 6.12. The summed E-state index contributed by atoms with van der Waals surface area (Å²) in [6.45, 7) is 1.86. The highest BCUT2D eigenvalue weighted by atomic mass is 32.2. The predicted octanol–water partition coefficient (Wildman–Crippen LogP) is 3.11. The zero-order chi connectivity index (χ0) is 18.4. The highest BCUT2D eigenvalue weighted by Crippen LogP contribution is 2.25. The fourth-order valence-electron chi connectivity index (χ4n) is 3.06. The zero-order valence-electron chi connectivity index (χ0n) is 14.4. The maximum Gasteiger partial charge on any atom is 0.258 e. The number of nitrogens with one attached hydrogen (secondary N) is 1. The van der Waals surface area contributed by atoms with Gasteiger partial charge in [-0.2, -0.15) is 4.52 Å². The third kappa shape index (κ3) is 2.74. The van der Waals surface area contributed by atoms with Crippen molar-refractivity contribution >= 4 is 39.2 Å².